The molecule has 0 spiro atoms. The van der Waals surface area contributed by atoms with Gasteiger partial charge in [0.1, 0.15) is 0 Å². The molecule has 16 heavy (non-hydrogen) atoms. The predicted octanol–water partition coefficient (Wildman–Crippen LogP) is 3.55. The predicted molar refractivity (Wildman–Crippen MR) is 71.5 cm³/mol. The molecule has 1 heterocycles. The van der Waals surface area contributed by atoms with Crippen LogP contribution in [0.3, 0.4) is 0 Å². The molecule has 0 bridgehead atoms. The van der Waals surface area contributed by atoms with Gasteiger partial charge < -0.3 is 5.32 Å². The van der Waals surface area contributed by atoms with Gasteiger partial charge in [-0.15, -0.1) is 0 Å². The van der Waals surface area contributed by atoms with Crippen molar-refractivity contribution in [3.63, 3.8) is 0 Å². The van der Waals surface area contributed by atoms with E-state index in [-0.39, 0.29) is 0 Å². The molecule has 0 aliphatic heterocycles. The van der Waals surface area contributed by atoms with Gasteiger partial charge in [-0.2, -0.15) is 11.3 Å². The normalized spacial score (nSPS) is 10.2. The lowest BCUT2D eigenvalue weighted by Gasteiger charge is -2.07. The van der Waals surface area contributed by atoms with Crippen LogP contribution in [0.4, 0.5) is 0 Å². The smallest absolute Gasteiger partial charge is 0.0216 e. The second kappa shape index (κ2) is 5.64. The second-order valence-corrected chi connectivity index (χ2v) is 4.48. The summed E-state index contributed by atoms with van der Waals surface area (Å²) in [6, 6.07) is 12.4. The average molecular weight is 229 g/mol. The Morgan fingerprint density at radius 1 is 1.19 bits per heavy atom. The van der Waals surface area contributed by atoms with Gasteiger partial charge in [0.15, 0.2) is 0 Å². The first kappa shape index (κ1) is 11.1. The van der Waals surface area contributed by atoms with Crippen molar-refractivity contribution < 1.29 is 0 Å². The monoisotopic (exact) mass is 229 g/mol. The number of hydrogen-bond acceptors (Lipinski definition) is 2. The highest BCUT2D eigenvalue weighted by atomic mass is 32.1. The van der Waals surface area contributed by atoms with Crippen LogP contribution in [0.25, 0.3) is 5.57 Å². The van der Waals surface area contributed by atoms with Crippen molar-refractivity contribution >= 4 is 16.9 Å². The summed E-state index contributed by atoms with van der Waals surface area (Å²) >= 11 is 1.73. The van der Waals surface area contributed by atoms with Crippen LogP contribution in [0, 0.1) is 0 Å². The third kappa shape index (κ3) is 3.05. The number of benzene rings is 1. The van der Waals surface area contributed by atoms with Gasteiger partial charge in [0.25, 0.3) is 0 Å². The number of nitrogens with one attached hydrogen (secondary N) is 1. The third-order valence-corrected chi connectivity index (χ3v) is 3.16. The molecule has 0 fully saturated rings. The molecule has 0 aliphatic carbocycles. The fourth-order valence-electron chi connectivity index (χ4n) is 1.53. The summed E-state index contributed by atoms with van der Waals surface area (Å²) in [5, 5.41) is 7.66. The minimum Gasteiger partial charge on any atom is -0.309 e. The summed E-state index contributed by atoms with van der Waals surface area (Å²) in [5.41, 5.74) is 3.68. The Bertz CT molecular complexity index is 431. The summed E-state index contributed by atoms with van der Waals surface area (Å²) in [7, 11) is 0. The highest BCUT2D eigenvalue weighted by Crippen LogP contribution is 2.11. The summed E-state index contributed by atoms with van der Waals surface area (Å²) < 4.78 is 0. The van der Waals surface area contributed by atoms with E-state index in [9.17, 15) is 0 Å². The van der Waals surface area contributed by atoms with Crippen molar-refractivity contribution in [2.45, 2.75) is 6.54 Å². The molecule has 1 aromatic heterocycles. The molecule has 0 saturated carbocycles. The lowest BCUT2D eigenvalue weighted by molar-refractivity contribution is 0.770. The molecule has 1 nitrogen and oxygen atoms in total. The van der Waals surface area contributed by atoms with Crippen LogP contribution in [0.15, 0.2) is 53.7 Å². The van der Waals surface area contributed by atoms with Crippen LogP contribution in [-0.4, -0.2) is 6.54 Å². The van der Waals surface area contributed by atoms with Crippen LogP contribution in [0.1, 0.15) is 11.1 Å². The Hall–Kier alpha value is -1.38. The van der Waals surface area contributed by atoms with Crippen molar-refractivity contribution in [3.8, 4) is 0 Å². The highest BCUT2D eigenvalue weighted by molar-refractivity contribution is 7.07. The number of hydrogen-bond donors (Lipinski definition) is 1. The van der Waals surface area contributed by atoms with E-state index < -0.39 is 0 Å². The fourth-order valence-corrected chi connectivity index (χ4v) is 2.20. The maximum atomic E-state index is 4.08. The van der Waals surface area contributed by atoms with Gasteiger partial charge in [-0.3, -0.25) is 0 Å². The molecule has 2 heteroatoms. The first-order valence-electron chi connectivity index (χ1n) is 5.31. The Kier molecular flexibility index (Phi) is 3.91. The minimum absolute atomic E-state index is 0.833. The van der Waals surface area contributed by atoms with Gasteiger partial charge in [-0.25, -0.2) is 0 Å². The molecule has 2 rings (SSSR count). The maximum Gasteiger partial charge on any atom is 0.0216 e. The quantitative estimate of drug-likeness (QED) is 0.826. The van der Waals surface area contributed by atoms with Gasteiger partial charge in [0.05, 0.1) is 0 Å². The molecule has 0 atom stereocenters. The van der Waals surface area contributed by atoms with Crippen molar-refractivity contribution in [2.75, 3.05) is 6.54 Å². The second-order valence-electron chi connectivity index (χ2n) is 3.70. The highest BCUT2D eigenvalue weighted by Gasteiger charge is 1.97. The molecule has 1 aromatic carbocycles. The van der Waals surface area contributed by atoms with Crippen LogP contribution >= 0.6 is 11.3 Å². The van der Waals surface area contributed by atoms with Crippen molar-refractivity contribution in [1.29, 1.82) is 0 Å². The lowest BCUT2D eigenvalue weighted by atomic mass is 10.1. The Labute approximate surface area is 100 Å². The van der Waals surface area contributed by atoms with Gasteiger partial charge in [0, 0.05) is 13.1 Å². The molecule has 1 N–H and O–H groups in total. The summed E-state index contributed by atoms with van der Waals surface area (Å²) in [6.45, 7) is 5.83. The van der Waals surface area contributed by atoms with Crippen LogP contribution in [-0.2, 0) is 6.54 Å². The number of thiophene rings is 1. The van der Waals surface area contributed by atoms with Crippen molar-refractivity contribution in [3.05, 3.63) is 64.9 Å². The Morgan fingerprint density at radius 2 is 2.00 bits per heavy atom. The Balaban J connectivity index is 1.81. The molecule has 0 radical (unpaired) electrons. The molecule has 0 unspecified atom stereocenters. The molecule has 0 aliphatic rings. The van der Waals surface area contributed by atoms with Crippen LogP contribution in [0.2, 0.25) is 0 Å². The minimum atomic E-state index is 0.833. The average Bonchev–Trinajstić information content (AvgIpc) is 2.83. The zero-order chi connectivity index (χ0) is 11.2. The number of rotatable bonds is 5. The topological polar surface area (TPSA) is 12.0 Å². The van der Waals surface area contributed by atoms with Crippen LogP contribution < -0.4 is 5.32 Å². The zero-order valence-electron chi connectivity index (χ0n) is 9.15. The van der Waals surface area contributed by atoms with Gasteiger partial charge in [0.2, 0.25) is 0 Å². The Morgan fingerprint density at radius 3 is 2.69 bits per heavy atom. The van der Waals surface area contributed by atoms with Crippen molar-refractivity contribution in [1.82, 2.24) is 5.32 Å². The van der Waals surface area contributed by atoms with Crippen molar-refractivity contribution in [2.24, 2.45) is 0 Å². The van der Waals surface area contributed by atoms with Gasteiger partial charge >= 0.3 is 0 Å². The van der Waals surface area contributed by atoms with E-state index in [0.717, 1.165) is 18.7 Å². The van der Waals surface area contributed by atoms with E-state index in [4.69, 9.17) is 0 Å². The largest absolute Gasteiger partial charge is 0.309 e. The summed E-state index contributed by atoms with van der Waals surface area (Å²) in [5.74, 6) is 0. The summed E-state index contributed by atoms with van der Waals surface area (Å²) in [6.07, 6.45) is 0. The van der Waals surface area contributed by atoms with E-state index in [1.165, 1.54) is 11.1 Å². The van der Waals surface area contributed by atoms with E-state index in [1.807, 2.05) is 18.2 Å². The molecule has 0 saturated heterocycles. The SMILES string of the molecule is C=C(CNCc1ccsc1)c1ccccc1. The third-order valence-electron chi connectivity index (χ3n) is 2.43. The van der Waals surface area contributed by atoms with E-state index in [2.05, 4.69) is 40.9 Å². The van der Waals surface area contributed by atoms with E-state index in [1.54, 1.807) is 11.3 Å². The molecule has 82 valence electrons. The van der Waals surface area contributed by atoms with Crippen LogP contribution in [0.5, 0.6) is 0 Å². The maximum absolute atomic E-state index is 4.08. The lowest BCUT2D eigenvalue weighted by Crippen LogP contribution is -2.15. The zero-order valence-corrected chi connectivity index (χ0v) is 9.96. The first-order valence-corrected chi connectivity index (χ1v) is 6.25. The van der Waals surface area contributed by atoms with E-state index >= 15 is 0 Å². The molecular weight excluding hydrogens is 214 g/mol. The molecule has 2 aromatic rings. The van der Waals surface area contributed by atoms with Gasteiger partial charge in [-0.1, -0.05) is 36.9 Å². The molecular formula is C14H15NS. The standard InChI is InChI=1S/C14H15NS/c1-12(14-5-3-2-4-6-14)9-15-10-13-7-8-16-11-13/h2-8,11,15H,1,9-10H2. The molecule has 0 amide bonds. The fraction of sp³-hybridized carbons (Fsp3) is 0.143. The van der Waals surface area contributed by atoms with E-state index in [0.29, 0.717) is 0 Å². The first-order chi connectivity index (χ1) is 7.86. The van der Waals surface area contributed by atoms with Gasteiger partial charge in [-0.05, 0) is 33.5 Å². The summed E-state index contributed by atoms with van der Waals surface area (Å²) in [4.78, 5) is 0.